The smallest absolute Gasteiger partial charge is 0.251 e. The van der Waals surface area contributed by atoms with Crippen LogP contribution in [-0.4, -0.2) is 38.5 Å². The number of thioether (sulfide) groups is 1. The monoisotopic (exact) mass is 390 g/mol. The van der Waals surface area contributed by atoms with Crippen LogP contribution in [0.15, 0.2) is 47.4 Å². The molecular weight excluding hydrogens is 368 g/mol. The van der Waals surface area contributed by atoms with Gasteiger partial charge in [-0.1, -0.05) is 23.7 Å². The van der Waals surface area contributed by atoms with E-state index in [2.05, 4.69) is 28.4 Å². The zero-order valence-electron chi connectivity index (χ0n) is 14.8. The fraction of sp³-hybridized carbons (Fsp3) is 0.350. The second-order valence-corrected chi connectivity index (χ2v) is 7.75. The van der Waals surface area contributed by atoms with Crippen molar-refractivity contribution in [1.82, 2.24) is 5.32 Å². The molecule has 4 nitrogen and oxygen atoms in total. The van der Waals surface area contributed by atoms with E-state index in [0.717, 1.165) is 36.0 Å². The first-order chi connectivity index (χ1) is 12.7. The predicted octanol–water partition coefficient (Wildman–Crippen LogP) is 4.22. The van der Waals surface area contributed by atoms with E-state index in [9.17, 15) is 4.79 Å². The molecule has 0 bridgehead atoms. The van der Waals surface area contributed by atoms with Gasteiger partial charge < -0.3 is 15.0 Å². The second-order valence-electron chi connectivity index (χ2n) is 6.18. The zero-order chi connectivity index (χ0) is 18.4. The quantitative estimate of drug-likeness (QED) is 0.719. The summed E-state index contributed by atoms with van der Waals surface area (Å²) < 4.78 is 5.01. The highest BCUT2D eigenvalue weighted by atomic mass is 35.5. The molecule has 0 unspecified atom stereocenters. The number of methoxy groups -OCH3 is 1. The third-order valence-corrected chi connectivity index (χ3v) is 5.57. The van der Waals surface area contributed by atoms with Crippen LogP contribution < -0.4 is 10.2 Å². The Morgan fingerprint density at radius 1 is 1.27 bits per heavy atom. The number of carbonyl (C=O) groups excluding carboxylic acids is 1. The van der Waals surface area contributed by atoms with Gasteiger partial charge in [-0.3, -0.25) is 4.79 Å². The highest BCUT2D eigenvalue weighted by Crippen LogP contribution is 2.36. The van der Waals surface area contributed by atoms with Gasteiger partial charge in [0.1, 0.15) is 0 Å². The number of hydrogen-bond acceptors (Lipinski definition) is 4. The van der Waals surface area contributed by atoms with Gasteiger partial charge >= 0.3 is 0 Å². The van der Waals surface area contributed by atoms with Crippen molar-refractivity contribution in [3.63, 3.8) is 0 Å². The summed E-state index contributed by atoms with van der Waals surface area (Å²) in [5.41, 5.74) is 3.03. The number of hydrogen-bond donors (Lipinski definition) is 1. The number of rotatable bonds is 7. The molecule has 138 valence electrons. The fourth-order valence-corrected chi connectivity index (χ4v) is 4.07. The molecule has 0 aromatic heterocycles. The molecule has 6 heteroatoms. The summed E-state index contributed by atoms with van der Waals surface area (Å²) in [4.78, 5) is 16.0. The van der Waals surface area contributed by atoms with Gasteiger partial charge in [-0.25, -0.2) is 0 Å². The minimum atomic E-state index is -0.0362. The van der Waals surface area contributed by atoms with Crippen LogP contribution in [0.25, 0.3) is 0 Å². The van der Waals surface area contributed by atoms with Crippen LogP contribution in [0.1, 0.15) is 22.3 Å². The van der Waals surface area contributed by atoms with Crippen LogP contribution in [-0.2, 0) is 11.3 Å². The van der Waals surface area contributed by atoms with Crippen molar-refractivity contribution >= 4 is 35.0 Å². The number of nitrogens with zero attached hydrogens (tertiary/aromatic N) is 1. The number of anilines is 1. The largest absolute Gasteiger partial charge is 0.385 e. The molecule has 0 fully saturated rings. The standard InChI is InChI=1S/C20H23ClN2O2S/c1-25-11-2-9-22-20(24)16-5-8-19-18(13-16)23(10-12-26-19)14-15-3-6-17(21)7-4-15/h3-8,13H,2,9-12,14H2,1H3,(H,22,24). The second kappa shape index (κ2) is 9.31. The Morgan fingerprint density at radius 2 is 2.08 bits per heavy atom. The molecule has 3 rings (SSSR count). The van der Waals surface area contributed by atoms with Crippen molar-refractivity contribution in [3.05, 3.63) is 58.6 Å². The molecule has 0 radical (unpaired) electrons. The van der Waals surface area contributed by atoms with Crippen molar-refractivity contribution in [2.75, 3.05) is 37.5 Å². The Hall–Kier alpha value is -1.69. The van der Waals surface area contributed by atoms with Crippen molar-refractivity contribution in [2.45, 2.75) is 17.9 Å². The maximum atomic E-state index is 12.4. The zero-order valence-corrected chi connectivity index (χ0v) is 16.4. The number of fused-ring (bicyclic) bond motifs is 1. The molecule has 1 heterocycles. The Bertz CT molecular complexity index is 752. The third-order valence-electron chi connectivity index (χ3n) is 4.28. The van der Waals surface area contributed by atoms with Gasteiger partial charge in [0.15, 0.2) is 0 Å². The van der Waals surface area contributed by atoms with Crippen molar-refractivity contribution in [3.8, 4) is 0 Å². The number of carbonyl (C=O) groups is 1. The van der Waals surface area contributed by atoms with E-state index < -0.39 is 0 Å². The van der Waals surface area contributed by atoms with Gasteiger partial charge in [0.2, 0.25) is 0 Å². The molecule has 0 spiro atoms. The van der Waals surface area contributed by atoms with Gasteiger partial charge in [-0.2, -0.15) is 0 Å². The van der Waals surface area contributed by atoms with E-state index in [1.54, 1.807) is 7.11 Å². The highest BCUT2D eigenvalue weighted by Gasteiger charge is 2.19. The molecule has 0 aliphatic carbocycles. The summed E-state index contributed by atoms with van der Waals surface area (Å²) in [6.45, 7) is 3.03. The lowest BCUT2D eigenvalue weighted by Crippen LogP contribution is -2.30. The van der Waals surface area contributed by atoms with Crippen LogP contribution in [0.5, 0.6) is 0 Å². The molecule has 1 N–H and O–H groups in total. The summed E-state index contributed by atoms with van der Waals surface area (Å²) in [5, 5.41) is 3.70. The summed E-state index contributed by atoms with van der Waals surface area (Å²) in [6, 6.07) is 13.9. The molecule has 1 amide bonds. The van der Waals surface area contributed by atoms with Crippen molar-refractivity contribution in [2.24, 2.45) is 0 Å². The van der Waals surface area contributed by atoms with E-state index in [1.165, 1.54) is 10.5 Å². The molecule has 2 aromatic carbocycles. The summed E-state index contributed by atoms with van der Waals surface area (Å²) in [6.07, 6.45) is 0.811. The van der Waals surface area contributed by atoms with Gasteiger partial charge in [-0.05, 0) is 42.3 Å². The van der Waals surface area contributed by atoms with Crippen LogP contribution >= 0.6 is 23.4 Å². The Kier molecular flexibility index (Phi) is 6.83. The molecule has 0 atom stereocenters. The number of halogens is 1. The Morgan fingerprint density at radius 3 is 2.85 bits per heavy atom. The minimum absolute atomic E-state index is 0.0362. The molecule has 0 saturated carbocycles. The van der Waals surface area contributed by atoms with Crippen LogP contribution in [0, 0.1) is 0 Å². The first kappa shape index (κ1) is 19.1. The van der Waals surface area contributed by atoms with E-state index in [-0.39, 0.29) is 5.91 Å². The minimum Gasteiger partial charge on any atom is -0.385 e. The van der Waals surface area contributed by atoms with Gasteiger partial charge in [0.05, 0.1) is 5.69 Å². The van der Waals surface area contributed by atoms with Crippen LogP contribution in [0.3, 0.4) is 0 Å². The van der Waals surface area contributed by atoms with Crippen LogP contribution in [0.4, 0.5) is 5.69 Å². The van der Waals surface area contributed by atoms with E-state index >= 15 is 0 Å². The number of amides is 1. The lowest BCUT2D eigenvalue weighted by Gasteiger charge is -2.31. The summed E-state index contributed by atoms with van der Waals surface area (Å²) in [5.74, 6) is 1.01. The molecule has 2 aromatic rings. The molecule has 1 aliphatic heterocycles. The lowest BCUT2D eigenvalue weighted by atomic mass is 10.1. The number of nitrogens with one attached hydrogen (secondary N) is 1. The van der Waals surface area contributed by atoms with E-state index in [4.69, 9.17) is 16.3 Å². The molecule has 26 heavy (non-hydrogen) atoms. The molecule has 1 aliphatic rings. The Labute approximate surface area is 163 Å². The topological polar surface area (TPSA) is 41.6 Å². The SMILES string of the molecule is COCCCNC(=O)c1ccc2c(c1)N(Cc1ccc(Cl)cc1)CCS2. The normalized spacial score (nSPS) is 13.4. The maximum Gasteiger partial charge on any atom is 0.251 e. The lowest BCUT2D eigenvalue weighted by molar-refractivity contribution is 0.0948. The van der Waals surface area contributed by atoms with Gasteiger partial charge in [0, 0.05) is 54.6 Å². The number of ether oxygens (including phenoxy) is 1. The highest BCUT2D eigenvalue weighted by molar-refractivity contribution is 7.99. The van der Waals surface area contributed by atoms with E-state index in [0.29, 0.717) is 18.7 Å². The van der Waals surface area contributed by atoms with E-state index in [1.807, 2.05) is 36.0 Å². The van der Waals surface area contributed by atoms with Gasteiger partial charge in [-0.15, -0.1) is 11.8 Å². The first-order valence-electron chi connectivity index (χ1n) is 8.71. The maximum absolute atomic E-state index is 12.4. The van der Waals surface area contributed by atoms with Gasteiger partial charge in [0.25, 0.3) is 5.91 Å². The molecular formula is C20H23ClN2O2S. The average Bonchev–Trinajstić information content (AvgIpc) is 2.67. The average molecular weight is 391 g/mol. The fourth-order valence-electron chi connectivity index (χ4n) is 2.91. The third kappa shape index (κ3) is 4.93. The summed E-state index contributed by atoms with van der Waals surface area (Å²) >= 11 is 7.82. The summed E-state index contributed by atoms with van der Waals surface area (Å²) in [7, 11) is 1.66. The van der Waals surface area contributed by atoms with Crippen molar-refractivity contribution in [1.29, 1.82) is 0 Å². The number of benzene rings is 2. The molecule has 0 saturated heterocycles. The van der Waals surface area contributed by atoms with Crippen molar-refractivity contribution < 1.29 is 9.53 Å². The first-order valence-corrected chi connectivity index (χ1v) is 10.1. The predicted molar refractivity (Wildman–Crippen MR) is 108 cm³/mol. The Balaban J connectivity index is 1.72. The van der Waals surface area contributed by atoms with Crippen LogP contribution in [0.2, 0.25) is 5.02 Å².